The molecule has 0 aromatic rings. The van der Waals surface area contributed by atoms with E-state index in [1.807, 2.05) is 13.8 Å². The van der Waals surface area contributed by atoms with Crippen LogP contribution in [0.1, 0.15) is 13.8 Å². The molecule has 0 aliphatic carbocycles. The van der Waals surface area contributed by atoms with Crippen LogP contribution in [0.25, 0.3) is 0 Å². The zero-order chi connectivity index (χ0) is 8.36. The molecule has 60 valence electrons. The summed E-state index contributed by atoms with van der Waals surface area (Å²) in [6, 6.07) is 0.0515. The van der Waals surface area contributed by atoms with Crippen LogP contribution in [0.15, 0.2) is 4.99 Å². The maximum Gasteiger partial charge on any atom is 0.247 e. The second-order valence-electron chi connectivity index (χ2n) is 2.11. The number of halogens is 3. The average Bonchev–Trinajstić information content (AvgIpc) is 1.60. The molecule has 0 amide bonds. The summed E-state index contributed by atoms with van der Waals surface area (Å²) in [6.45, 7) is 3.70. The fourth-order valence-electron chi connectivity index (χ4n) is 0.351. The van der Waals surface area contributed by atoms with E-state index in [1.165, 1.54) is 0 Å². The van der Waals surface area contributed by atoms with Crippen molar-refractivity contribution in [3.8, 4) is 0 Å². The molecule has 0 bridgehead atoms. The quantitative estimate of drug-likeness (QED) is 0.396. The van der Waals surface area contributed by atoms with Gasteiger partial charge in [-0.25, -0.2) is 0 Å². The standard InChI is InChI=1S/C5H9Cl3N2/c1-3(2)10-4(9)5(6,7)8/h3H,1-2H3,(H2,9,10). The van der Waals surface area contributed by atoms with Crippen LogP contribution in [0.3, 0.4) is 0 Å². The first-order valence-electron chi connectivity index (χ1n) is 2.74. The van der Waals surface area contributed by atoms with E-state index in [2.05, 4.69) is 4.99 Å². The van der Waals surface area contributed by atoms with E-state index >= 15 is 0 Å². The zero-order valence-electron chi connectivity index (χ0n) is 5.74. The first-order valence-corrected chi connectivity index (χ1v) is 3.88. The van der Waals surface area contributed by atoms with Gasteiger partial charge in [0.1, 0.15) is 5.84 Å². The Labute approximate surface area is 75.3 Å². The topological polar surface area (TPSA) is 38.4 Å². The van der Waals surface area contributed by atoms with Crippen LogP contribution in [-0.4, -0.2) is 15.7 Å². The molecular weight excluding hydrogens is 194 g/mol. The number of hydrogen-bond acceptors (Lipinski definition) is 1. The Balaban J connectivity index is 4.20. The molecular formula is C5H9Cl3N2. The molecule has 0 saturated carbocycles. The van der Waals surface area contributed by atoms with Crippen LogP contribution < -0.4 is 5.73 Å². The first-order chi connectivity index (χ1) is 4.34. The Morgan fingerprint density at radius 3 is 1.90 bits per heavy atom. The van der Waals surface area contributed by atoms with Crippen LogP contribution in [0.5, 0.6) is 0 Å². The number of aliphatic imine (C=N–C) groups is 1. The maximum absolute atomic E-state index is 5.40. The van der Waals surface area contributed by atoms with Crippen LogP contribution in [0.4, 0.5) is 0 Å². The number of alkyl halides is 3. The second kappa shape index (κ2) is 3.65. The molecule has 0 rings (SSSR count). The summed E-state index contributed by atoms with van der Waals surface area (Å²) >= 11 is 16.2. The molecule has 0 aromatic carbocycles. The van der Waals surface area contributed by atoms with Crippen molar-refractivity contribution in [1.82, 2.24) is 0 Å². The van der Waals surface area contributed by atoms with Gasteiger partial charge >= 0.3 is 0 Å². The Morgan fingerprint density at radius 2 is 1.80 bits per heavy atom. The molecule has 0 fully saturated rings. The second-order valence-corrected chi connectivity index (χ2v) is 4.39. The van der Waals surface area contributed by atoms with Gasteiger partial charge in [-0.05, 0) is 13.8 Å². The summed E-state index contributed by atoms with van der Waals surface area (Å²) in [5.74, 6) is 0.0347. The van der Waals surface area contributed by atoms with Crippen molar-refractivity contribution >= 4 is 40.6 Å². The molecule has 0 saturated heterocycles. The number of hydrogen-bond donors (Lipinski definition) is 1. The lowest BCUT2D eigenvalue weighted by Crippen LogP contribution is -2.29. The van der Waals surface area contributed by atoms with Gasteiger partial charge in [-0.15, -0.1) is 0 Å². The van der Waals surface area contributed by atoms with Gasteiger partial charge in [0.25, 0.3) is 0 Å². The molecule has 0 atom stereocenters. The van der Waals surface area contributed by atoms with Crippen molar-refractivity contribution in [3.63, 3.8) is 0 Å². The van der Waals surface area contributed by atoms with Gasteiger partial charge < -0.3 is 5.73 Å². The molecule has 5 heteroatoms. The minimum Gasteiger partial charge on any atom is -0.384 e. The largest absolute Gasteiger partial charge is 0.384 e. The predicted molar refractivity (Wildman–Crippen MR) is 47.0 cm³/mol. The number of nitrogens with two attached hydrogens (primary N) is 1. The molecule has 0 aromatic heterocycles. The third-order valence-electron chi connectivity index (χ3n) is 0.688. The molecule has 2 nitrogen and oxygen atoms in total. The summed E-state index contributed by atoms with van der Waals surface area (Å²) in [5, 5.41) is 0. The highest BCUT2D eigenvalue weighted by atomic mass is 35.6. The van der Waals surface area contributed by atoms with Gasteiger partial charge in [-0.3, -0.25) is 4.99 Å². The normalized spacial score (nSPS) is 14.4. The fraction of sp³-hybridized carbons (Fsp3) is 0.800. The first kappa shape index (κ1) is 10.3. The van der Waals surface area contributed by atoms with Crippen molar-refractivity contribution in [2.45, 2.75) is 23.7 Å². The smallest absolute Gasteiger partial charge is 0.247 e. The van der Waals surface area contributed by atoms with E-state index in [4.69, 9.17) is 40.5 Å². The van der Waals surface area contributed by atoms with Crippen LogP contribution in [0, 0.1) is 0 Å². The third-order valence-corrected chi connectivity index (χ3v) is 1.27. The van der Waals surface area contributed by atoms with Gasteiger partial charge in [0.05, 0.1) is 0 Å². The van der Waals surface area contributed by atoms with Crippen molar-refractivity contribution in [1.29, 1.82) is 0 Å². The van der Waals surface area contributed by atoms with Crippen molar-refractivity contribution < 1.29 is 0 Å². The van der Waals surface area contributed by atoms with E-state index in [9.17, 15) is 0 Å². The van der Waals surface area contributed by atoms with Gasteiger partial charge in [-0.2, -0.15) is 0 Å². The Kier molecular flexibility index (Phi) is 3.77. The van der Waals surface area contributed by atoms with E-state index < -0.39 is 3.79 Å². The maximum atomic E-state index is 5.40. The van der Waals surface area contributed by atoms with Crippen molar-refractivity contribution in [2.75, 3.05) is 0 Å². The minimum absolute atomic E-state index is 0.0347. The highest BCUT2D eigenvalue weighted by Crippen LogP contribution is 2.25. The summed E-state index contributed by atoms with van der Waals surface area (Å²) in [7, 11) is 0. The number of amidine groups is 1. The van der Waals surface area contributed by atoms with Gasteiger partial charge in [0.2, 0.25) is 3.79 Å². The van der Waals surface area contributed by atoms with E-state index in [-0.39, 0.29) is 11.9 Å². The van der Waals surface area contributed by atoms with Crippen molar-refractivity contribution in [3.05, 3.63) is 0 Å². The van der Waals surface area contributed by atoms with E-state index in [0.717, 1.165) is 0 Å². The lowest BCUT2D eigenvalue weighted by atomic mass is 10.4. The SMILES string of the molecule is CC(C)N=C(N)C(Cl)(Cl)Cl. The minimum atomic E-state index is -1.57. The molecule has 0 aliphatic rings. The molecule has 2 N–H and O–H groups in total. The third kappa shape index (κ3) is 4.20. The Hall–Kier alpha value is 0.340. The molecule has 0 aliphatic heterocycles. The van der Waals surface area contributed by atoms with E-state index in [1.54, 1.807) is 0 Å². The average molecular weight is 204 g/mol. The van der Waals surface area contributed by atoms with Crippen LogP contribution in [-0.2, 0) is 0 Å². The predicted octanol–water partition coefficient (Wildman–Crippen LogP) is 2.12. The monoisotopic (exact) mass is 202 g/mol. The Bertz CT molecular complexity index is 136. The van der Waals surface area contributed by atoms with Gasteiger partial charge in [0.15, 0.2) is 0 Å². The number of nitrogens with zero attached hydrogens (tertiary/aromatic N) is 1. The van der Waals surface area contributed by atoms with Gasteiger partial charge in [-0.1, -0.05) is 34.8 Å². The highest BCUT2D eigenvalue weighted by molar-refractivity contribution is 6.76. The van der Waals surface area contributed by atoms with Crippen LogP contribution in [0.2, 0.25) is 0 Å². The lowest BCUT2D eigenvalue weighted by Gasteiger charge is -2.10. The molecule has 0 unspecified atom stereocenters. The van der Waals surface area contributed by atoms with Crippen LogP contribution >= 0.6 is 34.8 Å². The Morgan fingerprint density at radius 1 is 1.40 bits per heavy atom. The molecule has 0 spiro atoms. The molecule has 10 heavy (non-hydrogen) atoms. The van der Waals surface area contributed by atoms with Crippen molar-refractivity contribution in [2.24, 2.45) is 10.7 Å². The zero-order valence-corrected chi connectivity index (χ0v) is 8.00. The summed E-state index contributed by atoms with van der Waals surface area (Å²) in [4.78, 5) is 3.85. The number of rotatable bonds is 1. The highest BCUT2D eigenvalue weighted by Gasteiger charge is 2.25. The fourth-order valence-corrected chi connectivity index (χ4v) is 0.498. The van der Waals surface area contributed by atoms with E-state index in [0.29, 0.717) is 0 Å². The molecule has 0 heterocycles. The summed E-state index contributed by atoms with van der Waals surface area (Å²) in [6.07, 6.45) is 0. The summed E-state index contributed by atoms with van der Waals surface area (Å²) in [5.41, 5.74) is 5.31. The summed E-state index contributed by atoms with van der Waals surface area (Å²) < 4.78 is -1.57. The lowest BCUT2D eigenvalue weighted by molar-refractivity contribution is 0.830. The molecule has 0 radical (unpaired) electrons. The van der Waals surface area contributed by atoms with Gasteiger partial charge in [0, 0.05) is 6.04 Å².